The van der Waals surface area contributed by atoms with Crippen LogP contribution in [0.1, 0.15) is 35.4 Å². The van der Waals surface area contributed by atoms with Crippen LogP contribution in [0, 0.1) is 5.92 Å². The minimum Gasteiger partial charge on any atom is -0.453 e. The first-order valence-corrected chi connectivity index (χ1v) is 11.8. The monoisotopic (exact) mass is 476 g/mol. The third kappa shape index (κ3) is 5.33. The molecule has 0 amide bonds. The molecule has 3 N–H and O–H groups in total. The SMILES string of the molecule is NS(=O)(=O)OC[C@@H]1CC[C@H](Nc2ncncc2C(=O)c2ccc(-c3ccccc3Cl)o2)C1. The third-order valence-corrected chi connectivity index (χ3v) is 6.07. The number of ketones is 1. The highest BCUT2D eigenvalue weighted by atomic mass is 35.5. The van der Waals surface area contributed by atoms with Gasteiger partial charge in [0.25, 0.3) is 0 Å². The number of carbonyl (C=O) groups excluding carboxylic acids is 1. The van der Waals surface area contributed by atoms with Crippen LogP contribution in [-0.4, -0.2) is 36.8 Å². The van der Waals surface area contributed by atoms with Gasteiger partial charge in [0, 0.05) is 17.8 Å². The molecule has 1 aliphatic carbocycles. The second kappa shape index (κ2) is 9.37. The molecule has 3 aromatic rings. The zero-order valence-corrected chi connectivity index (χ0v) is 18.5. The number of nitrogens with one attached hydrogen (secondary N) is 1. The Morgan fingerprint density at radius 1 is 1.25 bits per heavy atom. The van der Waals surface area contributed by atoms with Crippen LogP contribution >= 0.6 is 11.6 Å². The van der Waals surface area contributed by atoms with Crippen molar-refractivity contribution in [1.82, 2.24) is 9.97 Å². The van der Waals surface area contributed by atoms with Crippen molar-refractivity contribution in [3.63, 3.8) is 0 Å². The van der Waals surface area contributed by atoms with E-state index in [4.69, 9.17) is 25.3 Å². The van der Waals surface area contributed by atoms with Gasteiger partial charge in [0.15, 0.2) is 5.76 Å². The van der Waals surface area contributed by atoms with Crippen molar-refractivity contribution in [1.29, 1.82) is 0 Å². The largest absolute Gasteiger partial charge is 0.453 e. The van der Waals surface area contributed by atoms with Crippen molar-refractivity contribution in [2.45, 2.75) is 25.3 Å². The lowest BCUT2D eigenvalue weighted by molar-refractivity contribution is 0.101. The average Bonchev–Trinajstić information content (AvgIpc) is 3.42. The first-order chi connectivity index (χ1) is 15.3. The van der Waals surface area contributed by atoms with Gasteiger partial charge in [0.1, 0.15) is 17.9 Å². The van der Waals surface area contributed by atoms with Crippen molar-refractivity contribution >= 4 is 33.5 Å². The van der Waals surface area contributed by atoms with E-state index in [1.54, 1.807) is 18.2 Å². The van der Waals surface area contributed by atoms with Crippen molar-refractivity contribution in [2.24, 2.45) is 11.1 Å². The minimum atomic E-state index is -3.96. The summed E-state index contributed by atoms with van der Waals surface area (Å²) in [6, 6.07) is 10.5. The predicted octanol–water partition coefficient (Wildman–Crippen LogP) is 3.42. The van der Waals surface area contributed by atoms with Gasteiger partial charge >= 0.3 is 10.3 Å². The molecule has 0 unspecified atom stereocenters. The fourth-order valence-electron chi connectivity index (χ4n) is 3.75. The molecule has 168 valence electrons. The molecule has 0 saturated heterocycles. The number of nitrogens with zero attached hydrogens (tertiary/aromatic N) is 2. The molecule has 4 rings (SSSR count). The first-order valence-electron chi connectivity index (χ1n) is 9.93. The maximum atomic E-state index is 13.1. The van der Waals surface area contributed by atoms with Gasteiger partial charge in [0.2, 0.25) is 5.78 Å². The van der Waals surface area contributed by atoms with Crippen molar-refractivity contribution < 1.29 is 21.8 Å². The maximum absolute atomic E-state index is 13.1. The highest BCUT2D eigenvalue weighted by molar-refractivity contribution is 7.84. The number of benzene rings is 1. The smallest absolute Gasteiger partial charge is 0.333 e. The van der Waals surface area contributed by atoms with E-state index >= 15 is 0 Å². The van der Waals surface area contributed by atoms with Gasteiger partial charge in [-0.2, -0.15) is 8.42 Å². The zero-order chi connectivity index (χ0) is 22.7. The van der Waals surface area contributed by atoms with Gasteiger partial charge in [-0.1, -0.05) is 23.7 Å². The van der Waals surface area contributed by atoms with Crippen LogP contribution in [0.15, 0.2) is 53.3 Å². The van der Waals surface area contributed by atoms with Crippen molar-refractivity contribution in [3.05, 3.63) is 65.3 Å². The molecule has 2 atom stereocenters. The summed E-state index contributed by atoms with van der Waals surface area (Å²) >= 11 is 6.22. The predicted molar refractivity (Wildman–Crippen MR) is 118 cm³/mol. The third-order valence-electron chi connectivity index (χ3n) is 5.28. The Morgan fingerprint density at radius 3 is 2.84 bits per heavy atom. The summed E-state index contributed by atoms with van der Waals surface area (Å²) in [5.74, 6) is 0.690. The Kier molecular flexibility index (Phi) is 6.56. The van der Waals surface area contributed by atoms with Crippen LogP contribution < -0.4 is 10.5 Å². The molecule has 1 saturated carbocycles. The lowest BCUT2D eigenvalue weighted by atomic mass is 10.1. The van der Waals surface area contributed by atoms with E-state index in [2.05, 4.69) is 15.3 Å². The molecule has 1 aliphatic rings. The van der Waals surface area contributed by atoms with Gasteiger partial charge < -0.3 is 9.73 Å². The fraction of sp³-hybridized carbons (Fsp3) is 0.286. The number of nitrogens with two attached hydrogens (primary N) is 1. The molecule has 0 radical (unpaired) electrons. The van der Waals surface area contributed by atoms with E-state index in [9.17, 15) is 13.2 Å². The van der Waals surface area contributed by atoms with Crippen LogP contribution in [0.3, 0.4) is 0 Å². The van der Waals surface area contributed by atoms with Gasteiger partial charge in [-0.3, -0.25) is 8.98 Å². The van der Waals surface area contributed by atoms with Crippen LogP contribution in [0.25, 0.3) is 11.3 Å². The summed E-state index contributed by atoms with van der Waals surface area (Å²) in [4.78, 5) is 21.3. The van der Waals surface area contributed by atoms with Gasteiger partial charge in [-0.25, -0.2) is 15.1 Å². The van der Waals surface area contributed by atoms with Crippen molar-refractivity contribution in [2.75, 3.05) is 11.9 Å². The number of carbonyl (C=O) groups is 1. The van der Waals surface area contributed by atoms with Crippen LogP contribution in [0.2, 0.25) is 5.02 Å². The highest BCUT2D eigenvalue weighted by Gasteiger charge is 2.28. The van der Waals surface area contributed by atoms with E-state index in [0.717, 1.165) is 12.8 Å². The number of anilines is 1. The fourth-order valence-corrected chi connectivity index (χ4v) is 4.36. The Bertz CT molecular complexity index is 1230. The summed E-state index contributed by atoms with van der Waals surface area (Å²) < 4.78 is 32.5. The van der Waals surface area contributed by atoms with Crippen molar-refractivity contribution in [3.8, 4) is 11.3 Å². The van der Waals surface area contributed by atoms with Crippen LogP contribution in [-0.2, 0) is 14.5 Å². The number of furan rings is 1. The van der Waals surface area contributed by atoms with Crippen LogP contribution in [0.5, 0.6) is 0 Å². The summed E-state index contributed by atoms with van der Waals surface area (Å²) in [6.45, 7) is 0.0315. The molecule has 2 heterocycles. The Morgan fingerprint density at radius 2 is 2.06 bits per heavy atom. The van der Waals surface area contributed by atoms with Gasteiger partial charge in [0.05, 0.1) is 17.2 Å². The summed E-state index contributed by atoms with van der Waals surface area (Å²) in [5, 5.41) is 8.68. The van der Waals surface area contributed by atoms with Gasteiger partial charge in [-0.05, 0) is 49.4 Å². The summed E-state index contributed by atoms with van der Waals surface area (Å²) in [6.07, 6.45) is 4.98. The van der Waals surface area contributed by atoms with E-state index in [1.807, 2.05) is 18.2 Å². The quantitative estimate of drug-likeness (QED) is 0.471. The van der Waals surface area contributed by atoms with Crippen LogP contribution in [0.4, 0.5) is 5.82 Å². The Balaban J connectivity index is 1.47. The molecule has 1 aromatic carbocycles. The molecular formula is C21H21ClN4O5S. The Labute approximate surface area is 190 Å². The Hall–Kier alpha value is -2.79. The number of halogens is 1. The average molecular weight is 477 g/mol. The molecule has 0 spiro atoms. The number of rotatable bonds is 8. The highest BCUT2D eigenvalue weighted by Crippen LogP contribution is 2.31. The van der Waals surface area contributed by atoms with E-state index in [-0.39, 0.29) is 35.7 Å². The molecule has 9 nitrogen and oxygen atoms in total. The number of aromatic nitrogens is 2. The van der Waals surface area contributed by atoms with Gasteiger partial charge in [-0.15, -0.1) is 0 Å². The molecule has 0 bridgehead atoms. The zero-order valence-electron chi connectivity index (χ0n) is 16.9. The second-order valence-electron chi connectivity index (χ2n) is 7.56. The first kappa shape index (κ1) is 22.4. The minimum absolute atomic E-state index is 0.000755. The standard InChI is InChI=1S/C21H21ClN4O5S/c22-17-4-2-1-3-15(17)18-7-8-19(31-18)20(27)16-10-24-12-25-21(16)26-14-6-5-13(9-14)11-30-32(23,28)29/h1-4,7-8,10,12-14H,5-6,9,11H2,(H2,23,28,29)(H,24,25,26)/t13-,14+/m1/s1. The number of hydrogen-bond donors (Lipinski definition) is 2. The summed E-state index contributed by atoms with van der Waals surface area (Å²) in [5.41, 5.74) is 0.964. The second-order valence-corrected chi connectivity index (χ2v) is 9.18. The molecule has 32 heavy (non-hydrogen) atoms. The molecular weight excluding hydrogens is 456 g/mol. The molecule has 0 aliphatic heterocycles. The normalized spacial score (nSPS) is 18.6. The summed E-state index contributed by atoms with van der Waals surface area (Å²) in [7, 11) is -3.96. The lowest BCUT2D eigenvalue weighted by Gasteiger charge is -2.15. The lowest BCUT2D eigenvalue weighted by Crippen LogP contribution is -2.22. The molecule has 1 fully saturated rings. The van der Waals surface area contributed by atoms with E-state index in [0.29, 0.717) is 28.6 Å². The maximum Gasteiger partial charge on any atom is 0.333 e. The van der Waals surface area contributed by atoms with E-state index in [1.165, 1.54) is 12.5 Å². The molecule has 11 heteroatoms. The number of hydrogen-bond acceptors (Lipinski definition) is 8. The van der Waals surface area contributed by atoms with E-state index < -0.39 is 10.3 Å². The topological polar surface area (TPSA) is 137 Å². The molecule has 2 aromatic heterocycles.